The summed E-state index contributed by atoms with van der Waals surface area (Å²) >= 11 is 0. The molecule has 0 aliphatic rings. The number of nitrogen functional groups attached to an aromatic ring is 1. The summed E-state index contributed by atoms with van der Waals surface area (Å²) in [6.07, 6.45) is 1.13. The van der Waals surface area contributed by atoms with Crippen LogP contribution in [0.4, 0.5) is 5.69 Å². The lowest BCUT2D eigenvalue weighted by Gasteiger charge is -2.18. The molecular formula is C12H18N2O4S. The van der Waals surface area contributed by atoms with Gasteiger partial charge in [-0.2, -0.15) is 0 Å². The highest BCUT2D eigenvalue weighted by Crippen LogP contribution is 2.20. The average molecular weight is 286 g/mol. The lowest BCUT2D eigenvalue weighted by atomic mass is 10.1. The van der Waals surface area contributed by atoms with Gasteiger partial charge in [0.05, 0.1) is 18.4 Å². The molecule has 1 aromatic rings. The number of ether oxygens (including phenoxy) is 1. The van der Waals surface area contributed by atoms with Gasteiger partial charge in [0, 0.05) is 25.5 Å². The van der Waals surface area contributed by atoms with Gasteiger partial charge in [0.25, 0.3) is 5.91 Å². The van der Waals surface area contributed by atoms with Crippen LogP contribution in [0.1, 0.15) is 10.4 Å². The summed E-state index contributed by atoms with van der Waals surface area (Å²) in [6, 6.07) is 4.77. The normalized spacial score (nSPS) is 11.1. The van der Waals surface area contributed by atoms with Crippen molar-refractivity contribution >= 4 is 21.4 Å². The average Bonchev–Trinajstić information content (AvgIpc) is 2.35. The molecule has 0 bridgehead atoms. The highest BCUT2D eigenvalue weighted by Gasteiger charge is 2.17. The zero-order valence-corrected chi connectivity index (χ0v) is 12.0. The third-order valence-electron chi connectivity index (χ3n) is 2.64. The van der Waals surface area contributed by atoms with Crippen molar-refractivity contribution in [2.24, 2.45) is 0 Å². The summed E-state index contributed by atoms with van der Waals surface area (Å²) in [5, 5.41) is 0. The zero-order chi connectivity index (χ0) is 14.6. The number of methoxy groups -OCH3 is 1. The summed E-state index contributed by atoms with van der Waals surface area (Å²) < 4.78 is 27.2. The first-order valence-corrected chi connectivity index (χ1v) is 7.67. The number of anilines is 1. The van der Waals surface area contributed by atoms with Crippen LogP contribution in [0.2, 0.25) is 0 Å². The van der Waals surface area contributed by atoms with Gasteiger partial charge >= 0.3 is 0 Å². The van der Waals surface area contributed by atoms with Gasteiger partial charge in [-0.15, -0.1) is 0 Å². The maximum Gasteiger partial charge on any atom is 0.255 e. The van der Waals surface area contributed by atoms with Crippen molar-refractivity contribution in [3.8, 4) is 5.75 Å². The molecule has 0 aliphatic carbocycles. The molecule has 2 N–H and O–H groups in total. The van der Waals surface area contributed by atoms with E-state index in [1.54, 1.807) is 12.1 Å². The molecule has 0 saturated heterocycles. The van der Waals surface area contributed by atoms with Crippen LogP contribution in [-0.2, 0) is 9.84 Å². The third-order valence-corrected chi connectivity index (χ3v) is 3.56. The first kappa shape index (κ1) is 15.3. The second-order valence-corrected chi connectivity index (χ2v) is 6.57. The molecule has 0 aliphatic heterocycles. The van der Waals surface area contributed by atoms with Gasteiger partial charge in [0.2, 0.25) is 0 Å². The molecule has 1 aromatic carbocycles. The Kier molecular flexibility index (Phi) is 4.77. The van der Waals surface area contributed by atoms with E-state index in [9.17, 15) is 13.2 Å². The maximum atomic E-state index is 12.1. The van der Waals surface area contributed by atoms with Gasteiger partial charge in [0.1, 0.15) is 15.6 Å². The Morgan fingerprint density at radius 1 is 1.42 bits per heavy atom. The molecule has 0 saturated carbocycles. The molecular weight excluding hydrogens is 268 g/mol. The Balaban J connectivity index is 2.87. The molecule has 1 amide bonds. The summed E-state index contributed by atoms with van der Waals surface area (Å²) in [4.78, 5) is 13.5. The summed E-state index contributed by atoms with van der Waals surface area (Å²) in [7, 11) is -0.0803. The van der Waals surface area contributed by atoms with Crippen LogP contribution >= 0.6 is 0 Å². The van der Waals surface area contributed by atoms with E-state index in [0.29, 0.717) is 17.0 Å². The number of nitrogens with two attached hydrogens (primary N) is 1. The second-order valence-electron chi connectivity index (χ2n) is 4.31. The molecule has 0 aromatic heterocycles. The molecule has 19 heavy (non-hydrogen) atoms. The van der Waals surface area contributed by atoms with Crippen molar-refractivity contribution in [3.63, 3.8) is 0 Å². The van der Waals surface area contributed by atoms with Crippen molar-refractivity contribution in [2.45, 2.75) is 0 Å². The minimum Gasteiger partial charge on any atom is -0.497 e. The summed E-state index contributed by atoms with van der Waals surface area (Å²) in [5.41, 5.74) is 6.38. The smallest absolute Gasteiger partial charge is 0.255 e. The molecule has 0 heterocycles. The predicted molar refractivity (Wildman–Crippen MR) is 74.1 cm³/mol. The lowest BCUT2D eigenvalue weighted by Crippen LogP contribution is -2.31. The molecule has 0 unspecified atom stereocenters. The van der Waals surface area contributed by atoms with E-state index in [4.69, 9.17) is 10.5 Å². The highest BCUT2D eigenvalue weighted by molar-refractivity contribution is 7.90. The molecule has 106 valence electrons. The quantitative estimate of drug-likeness (QED) is 0.791. The van der Waals surface area contributed by atoms with Gasteiger partial charge in [-0.1, -0.05) is 0 Å². The van der Waals surface area contributed by atoms with Crippen molar-refractivity contribution < 1.29 is 17.9 Å². The van der Waals surface area contributed by atoms with Crippen LogP contribution in [0, 0.1) is 0 Å². The number of carbonyl (C=O) groups is 1. The van der Waals surface area contributed by atoms with Crippen molar-refractivity contribution in [3.05, 3.63) is 23.8 Å². The number of sulfone groups is 1. The number of hydrogen-bond donors (Lipinski definition) is 1. The monoisotopic (exact) mass is 286 g/mol. The Labute approximate surface area is 113 Å². The van der Waals surface area contributed by atoms with Gasteiger partial charge < -0.3 is 15.4 Å². The van der Waals surface area contributed by atoms with Crippen molar-refractivity contribution in [1.82, 2.24) is 4.90 Å². The molecule has 6 nitrogen and oxygen atoms in total. The minimum absolute atomic E-state index is 0.0842. The van der Waals surface area contributed by atoms with Crippen LogP contribution in [-0.4, -0.2) is 51.9 Å². The fourth-order valence-electron chi connectivity index (χ4n) is 1.46. The lowest BCUT2D eigenvalue weighted by molar-refractivity contribution is 0.0804. The fraction of sp³-hybridized carbons (Fsp3) is 0.417. The SMILES string of the molecule is COc1ccc(N)c(C(=O)N(C)CCS(C)(=O)=O)c1. The van der Waals surface area contributed by atoms with Crippen molar-refractivity contribution in [1.29, 1.82) is 0 Å². The van der Waals surface area contributed by atoms with E-state index < -0.39 is 9.84 Å². The Bertz CT molecular complexity index is 569. The number of benzene rings is 1. The Morgan fingerprint density at radius 2 is 2.05 bits per heavy atom. The van der Waals surface area contributed by atoms with Crippen molar-refractivity contribution in [2.75, 3.05) is 38.4 Å². The number of rotatable bonds is 5. The molecule has 1 rings (SSSR count). The van der Waals surface area contributed by atoms with Crippen LogP contribution in [0.3, 0.4) is 0 Å². The highest BCUT2D eigenvalue weighted by atomic mass is 32.2. The fourth-order valence-corrected chi connectivity index (χ4v) is 2.06. The molecule has 0 spiro atoms. The predicted octanol–water partition coefficient (Wildman–Crippen LogP) is 0.394. The maximum absolute atomic E-state index is 12.1. The molecule has 0 radical (unpaired) electrons. The van der Waals surface area contributed by atoms with Crippen LogP contribution in [0.15, 0.2) is 18.2 Å². The largest absolute Gasteiger partial charge is 0.497 e. The van der Waals surface area contributed by atoms with Gasteiger partial charge in [-0.3, -0.25) is 4.79 Å². The van der Waals surface area contributed by atoms with E-state index in [1.807, 2.05) is 0 Å². The van der Waals surface area contributed by atoms with Crippen LogP contribution < -0.4 is 10.5 Å². The summed E-state index contributed by atoms with van der Waals surface area (Å²) in [5.74, 6) is 0.105. The number of nitrogens with zero attached hydrogens (tertiary/aromatic N) is 1. The number of carbonyl (C=O) groups excluding carboxylic acids is 1. The van der Waals surface area contributed by atoms with E-state index in [0.717, 1.165) is 6.26 Å². The second kappa shape index (κ2) is 5.92. The molecule has 7 heteroatoms. The van der Waals surface area contributed by atoms with Crippen LogP contribution in [0.25, 0.3) is 0 Å². The standard InChI is InChI=1S/C12H18N2O4S/c1-14(6-7-19(3,16)17)12(15)10-8-9(18-2)4-5-11(10)13/h4-5,8H,6-7,13H2,1-3H3. The van der Waals surface area contributed by atoms with E-state index in [-0.39, 0.29) is 18.2 Å². The van der Waals surface area contributed by atoms with Gasteiger partial charge in [0.15, 0.2) is 0 Å². The Morgan fingerprint density at radius 3 is 2.58 bits per heavy atom. The van der Waals surface area contributed by atoms with Gasteiger partial charge in [-0.05, 0) is 18.2 Å². The van der Waals surface area contributed by atoms with E-state index in [2.05, 4.69) is 0 Å². The number of hydrogen-bond acceptors (Lipinski definition) is 5. The first-order chi connectivity index (χ1) is 8.74. The summed E-state index contributed by atoms with van der Waals surface area (Å²) in [6.45, 7) is 0.119. The molecule has 0 atom stereocenters. The minimum atomic E-state index is -3.11. The van der Waals surface area contributed by atoms with E-state index in [1.165, 1.54) is 25.1 Å². The molecule has 0 fully saturated rings. The number of amides is 1. The first-order valence-electron chi connectivity index (χ1n) is 5.61. The third kappa shape index (κ3) is 4.44. The zero-order valence-electron chi connectivity index (χ0n) is 11.2. The van der Waals surface area contributed by atoms with Crippen LogP contribution in [0.5, 0.6) is 5.75 Å². The Hall–Kier alpha value is -1.76. The van der Waals surface area contributed by atoms with Gasteiger partial charge in [-0.25, -0.2) is 8.42 Å². The topological polar surface area (TPSA) is 89.7 Å². The van der Waals surface area contributed by atoms with E-state index >= 15 is 0 Å².